The Kier molecular flexibility index (Phi) is 4.97. The van der Waals surface area contributed by atoms with Gasteiger partial charge in [0.05, 0.1) is 5.69 Å². The highest BCUT2D eigenvalue weighted by Gasteiger charge is 2.18. The number of furan rings is 1. The van der Waals surface area contributed by atoms with E-state index in [1.54, 1.807) is 32.1 Å². The number of phenolic OH excluding ortho intramolecular Hbond substituents is 1. The number of carbonyl (C=O) groups excluding carboxylic acids is 1. The van der Waals surface area contributed by atoms with Gasteiger partial charge in [0.1, 0.15) is 11.6 Å². The lowest BCUT2D eigenvalue weighted by Gasteiger charge is -2.08. The summed E-state index contributed by atoms with van der Waals surface area (Å²) in [5.74, 6) is -1.16. The van der Waals surface area contributed by atoms with E-state index in [0.29, 0.717) is 23.2 Å². The number of hydrogen-bond acceptors (Lipinski definition) is 6. The maximum Gasteiger partial charge on any atom is 0.379 e. The molecule has 26 heavy (non-hydrogen) atoms. The summed E-state index contributed by atoms with van der Waals surface area (Å²) in [5.41, 5.74) is 1.90. The third-order valence-corrected chi connectivity index (χ3v) is 3.80. The first-order chi connectivity index (χ1) is 12.4. The Balaban J connectivity index is 1.72. The van der Waals surface area contributed by atoms with Crippen LogP contribution in [-0.4, -0.2) is 11.1 Å². The number of ether oxygens (including phenoxy) is 1. The summed E-state index contributed by atoms with van der Waals surface area (Å²) < 4.78 is 23.9. The number of esters is 1. The van der Waals surface area contributed by atoms with Crippen LogP contribution < -0.4 is 0 Å². The Hall–Kier alpha value is -3.22. The highest BCUT2D eigenvalue weighted by molar-refractivity contribution is 5.87. The number of allylic oxidation sites excluding steroid dienone is 3. The molecule has 7 heteroatoms. The molecule has 0 fully saturated rings. The summed E-state index contributed by atoms with van der Waals surface area (Å²) in [4.78, 5) is 12.0. The van der Waals surface area contributed by atoms with E-state index in [0.717, 1.165) is 0 Å². The van der Waals surface area contributed by atoms with Crippen molar-refractivity contribution in [2.75, 3.05) is 0 Å². The molecule has 1 aromatic heterocycles. The highest BCUT2D eigenvalue weighted by Crippen LogP contribution is 2.29. The Morgan fingerprint density at radius 2 is 1.96 bits per heavy atom. The maximum atomic E-state index is 13.6. The number of halogens is 1. The smallest absolute Gasteiger partial charge is 0.379 e. The molecule has 0 saturated heterocycles. The lowest BCUT2D eigenvalue weighted by molar-refractivity contribution is 0.0591. The number of carbonyl (C=O) groups is 1. The van der Waals surface area contributed by atoms with Gasteiger partial charge in [0.15, 0.2) is 5.76 Å². The van der Waals surface area contributed by atoms with Crippen LogP contribution >= 0.6 is 0 Å². The predicted octanol–water partition coefficient (Wildman–Crippen LogP) is 5.71. The number of rotatable bonds is 4. The maximum absolute atomic E-state index is 13.6. The molecule has 1 aliphatic rings. The molecule has 0 radical (unpaired) electrons. The molecule has 1 aromatic carbocycles. The molecule has 0 amide bonds. The molecule has 1 aliphatic carbocycles. The van der Waals surface area contributed by atoms with Crippen molar-refractivity contribution in [2.45, 2.75) is 26.7 Å². The summed E-state index contributed by atoms with van der Waals surface area (Å²) in [6.45, 7) is 3.52. The van der Waals surface area contributed by atoms with Crippen molar-refractivity contribution in [1.29, 1.82) is 0 Å². The van der Waals surface area contributed by atoms with Gasteiger partial charge in [0.2, 0.25) is 11.6 Å². The number of nitrogens with zero attached hydrogens (tertiary/aromatic N) is 2. The summed E-state index contributed by atoms with van der Waals surface area (Å²) in [7, 11) is 0. The minimum Gasteiger partial charge on any atom is -0.507 e. The third-order valence-electron chi connectivity index (χ3n) is 3.80. The molecule has 6 nitrogen and oxygen atoms in total. The monoisotopic (exact) mass is 356 g/mol. The summed E-state index contributed by atoms with van der Waals surface area (Å²) in [6.07, 6.45) is 3.95. The fourth-order valence-corrected chi connectivity index (χ4v) is 2.44. The Morgan fingerprint density at radius 3 is 2.65 bits per heavy atom. The molecule has 0 unspecified atom stereocenters. The van der Waals surface area contributed by atoms with Crippen LogP contribution in [0.2, 0.25) is 0 Å². The van der Waals surface area contributed by atoms with Gasteiger partial charge in [-0.2, -0.15) is 0 Å². The fraction of sp³-hybridized carbons (Fsp3) is 0.211. The standard InChI is InChI=1S/C19H17FN2O4/c1-11-9-13(10-12(2)18(11)23)21-22-17-8-7-16(25-17)19(24)26-15-6-4-3-5-14(15)20/h4,6-10,23H,3,5H2,1-2H3/b22-21+. The molecule has 0 aliphatic heterocycles. The fourth-order valence-electron chi connectivity index (χ4n) is 2.44. The van der Waals surface area contributed by atoms with Gasteiger partial charge in [-0.15, -0.1) is 10.2 Å². The van der Waals surface area contributed by atoms with Gasteiger partial charge in [-0.25, -0.2) is 9.18 Å². The van der Waals surface area contributed by atoms with Crippen LogP contribution in [0.15, 0.2) is 62.6 Å². The number of phenols is 1. The van der Waals surface area contributed by atoms with E-state index in [9.17, 15) is 14.3 Å². The molecule has 3 rings (SSSR count). The number of aryl methyl sites for hydroxylation is 2. The lowest BCUT2D eigenvalue weighted by Crippen LogP contribution is -2.05. The molecule has 0 atom stereocenters. The zero-order chi connectivity index (χ0) is 18.7. The number of aromatic hydroxyl groups is 1. The van der Waals surface area contributed by atoms with Gasteiger partial charge < -0.3 is 14.3 Å². The van der Waals surface area contributed by atoms with Crippen molar-refractivity contribution in [3.8, 4) is 5.75 Å². The molecular formula is C19H17FN2O4. The average molecular weight is 356 g/mol. The largest absolute Gasteiger partial charge is 0.507 e. The van der Waals surface area contributed by atoms with Crippen molar-refractivity contribution in [3.63, 3.8) is 0 Å². The number of hydrogen-bond donors (Lipinski definition) is 1. The normalized spacial score (nSPS) is 14.3. The summed E-state index contributed by atoms with van der Waals surface area (Å²) in [5, 5.41) is 17.7. The zero-order valence-electron chi connectivity index (χ0n) is 14.3. The van der Waals surface area contributed by atoms with Crippen molar-refractivity contribution in [1.82, 2.24) is 0 Å². The Bertz CT molecular complexity index is 918. The summed E-state index contributed by atoms with van der Waals surface area (Å²) >= 11 is 0. The van der Waals surface area contributed by atoms with Crippen molar-refractivity contribution < 1.29 is 23.4 Å². The first-order valence-electron chi connectivity index (χ1n) is 8.03. The number of benzene rings is 1. The number of azo groups is 1. The van der Waals surface area contributed by atoms with E-state index < -0.39 is 11.8 Å². The minimum atomic E-state index is -0.806. The van der Waals surface area contributed by atoms with E-state index in [1.807, 2.05) is 0 Å². The molecule has 0 saturated carbocycles. The first-order valence-corrected chi connectivity index (χ1v) is 8.03. The topological polar surface area (TPSA) is 84.4 Å². The van der Waals surface area contributed by atoms with Gasteiger partial charge in [-0.3, -0.25) is 0 Å². The van der Waals surface area contributed by atoms with E-state index in [2.05, 4.69) is 10.2 Å². The molecule has 1 heterocycles. The lowest BCUT2D eigenvalue weighted by atomic mass is 10.1. The zero-order valence-corrected chi connectivity index (χ0v) is 14.3. The molecule has 0 bridgehead atoms. The van der Waals surface area contributed by atoms with Gasteiger partial charge in [-0.1, -0.05) is 6.08 Å². The van der Waals surface area contributed by atoms with Crippen LogP contribution in [-0.2, 0) is 4.74 Å². The van der Waals surface area contributed by atoms with E-state index >= 15 is 0 Å². The van der Waals surface area contributed by atoms with Gasteiger partial charge >= 0.3 is 5.97 Å². The van der Waals surface area contributed by atoms with Crippen LogP contribution in [0.25, 0.3) is 0 Å². The third kappa shape index (κ3) is 3.88. The van der Waals surface area contributed by atoms with Crippen LogP contribution in [0.5, 0.6) is 5.75 Å². The van der Waals surface area contributed by atoms with Crippen LogP contribution in [0.3, 0.4) is 0 Å². The van der Waals surface area contributed by atoms with Crippen molar-refractivity contribution in [3.05, 3.63) is 64.9 Å². The molecule has 1 N–H and O–H groups in total. The SMILES string of the molecule is Cc1cc(/N=N/c2ccc(C(=O)OC3=C(F)CCC=C3)o2)cc(C)c1O. The Labute approximate surface area is 149 Å². The molecule has 0 spiro atoms. The second kappa shape index (κ2) is 7.35. The molecule has 2 aromatic rings. The van der Waals surface area contributed by atoms with E-state index in [4.69, 9.17) is 9.15 Å². The first kappa shape index (κ1) is 17.6. The highest BCUT2D eigenvalue weighted by atomic mass is 19.1. The van der Waals surface area contributed by atoms with Gasteiger partial charge in [0.25, 0.3) is 0 Å². The molecular weight excluding hydrogens is 339 g/mol. The average Bonchev–Trinajstić information content (AvgIpc) is 3.09. The Morgan fingerprint density at radius 1 is 1.23 bits per heavy atom. The van der Waals surface area contributed by atoms with Gasteiger partial charge in [-0.05, 0) is 55.7 Å². The van der Waals surface area contributed by atoms with E-state index in [1.165, 1.54) is 18.2 Å². The van der Waals surface area contributed by atoms with Crippen molar-refractivity contribution in [2.24, 2.45) is 10.2 Å². The minimum absolute atomic E-state index is 0.101. The van der Waals surface area contributed by atoms with Gasteiger partial charge in [0, 0.05) is 12.5 Å². The predicted molar refractivity (Wildman–Crippen MR) is 92.4 cm³/mol. The van der Waals surface area contributed by atoms with E-state index in [-0.39, 0.29) is 29.6 Å². The van der Waals surface area contributed by atoms with Crippen LogP contribution in [0.4, 0.5) is 16.0 Å². The summed E-state index contributed by atoms with van der Waals surface area (Å²) in [6, 6.07) is 6.19. The van der Waals surface area contributed by atoms with Crippen molar-refractivity contribution >= 4 is 17.5 Å². The molecule has 134 valence electrons. The second-order valence-electron chi connectivity index (χ2n) is 5.87. The van der Waals surface area contributed by atoms with Crippen LogP contribution in [0, 0.1) is 13.8 Å². The second-order valence-corrected chi connectivity index (χ2v) is 5.87. The van der Waals surface area contributed by atoms with Crippen LogP contribution in [0.1, 0.15) is 34.5 Å². The quantitative estimate of drug-likeness (QED) is 0.562.